The standard InChI is InChI=1S/C20H31NO4.ClH/c1-20(2,3)21-13-17(23)15-9-10-18(16(22)12-15)25-19(24)11-8-14-6-4-5-7-14;/h9-10,12,14,17,21-23H,4-8,11,13H2,1-3H3;1H. The largest absolute Gasteiger partial charge is 0.504 e. The first-order chi connectivity index (χ1) is 11.7. The highest BCUT2D eigenvalue weighted by molar-refractivity contribution is 5.85. The SMILES string of the molecule is CC(C)(C)NCC(O)c1ccc(OC(=O)CCC2CCCC2)c(O)c1.Cl. The molecule has 0 aromatic heterocycles. The van der Waals surface area contributed by atoms with E-state index in [9.17, 15) is 15.0 Å². The van der Waals surface area contributed by atoms with Gasteiger partial charge in [-0.15, -0.1) is 12.4 Å². The van der Waals surface area contributed by atoms with Crippen LogP contribution in [0.3, 0.4) is 0 Å². The summed E-state index contributed by atoms with van der Waals surface area (Å²) in [4.78, 5) is 12.0. The molecule has 0 spiro atoms. The van der Waals surface area contributed by atoms with Crippen LogP contribution in [0.15, 0.2) is 18.2 Å². The van der Waals surface area contributed by atoms with Crippen molar-refractivity contribution in [3.63, 3.8) is 0 Å². The van der Waals surface area contributed by atoms with E-state index in [2.05, 4.69) is 5.32 Å². The van der Waals surface area contributed by atoms with Crippen LogP contribution in [0.5, 0.6) is 11.5 Å². The highest BCUT2D eigenvalue weighted by Crippen LogP contribution is 2.31. The summed E-state index contributed by atoms with van der Waals surface area (Å²) in [7, 11) is 0. The van der Waals surface area contributed by atoms with Crippen LogP contribution in [-0.2, 0) is 4.79 Å². The molecule has 2 rings (SSSR count). The smallest absolute Gasteiger partial charge is 0.311 e. The third kappa shape index (κ3) is 7.52. The second-order valence-electron chi connectivity index (χ2n) is 8.04. The minimum absolute atomic E-state index is 0. The number of rotatable bonds is 7. The van der Waals surface area contributed by atoms with Crippen LogP contribution in [0, 0.1) is 5.92 Å². The van der Waals surface area contributed by atoms with Gasteiger partial charge in [0.05, 0.1) is 6.10 Å². The maximum atomic E-state index is 12.0. The van der Waals surface area contributed by atoms with Crippen molar-refractivity contribution < 1.29 is 19.7 Å². The Hall–Kier alpha value is -1.30. The number of esters is 1. The van der Waals surface area contributed by atoms with Gasteiger partial charge in [0.25, 0.3) is 0 Å². The van der Waals surface area contributed by atoms with Gasteiger partial charge in [-0.3, -0.25) is 4.79 Å². The van der Waals surface area contributed by atoms with Gasteiger partial charge in [-0.05, 0) is 50.8 Å². The van der Waals surface area contributed by atoms with E-state index >= 15 is 0 Å². The van der Waals surface area contributed by atoms with Crippen LogP contribution in [-0.4, -0.2) is 28.3 Å². The zero-order valence-electron chi connectivity index (χ0n) is 16.0. The summed E-state index contributed by atoms with van der Waals surface area (Å²) in [6, 6.07) is 4.67. The van der Waals surface area contributed by atoms with Crippen molar-refractivity contribution in [3.8, 4) is 11.5 Å². The Morgan fingerprint density at radius 3 is 2.54 bits per heavy atom. The molecular formula is C20H32ClNO4. The van der Waals surface area contributed by atoms with Gasteiger partial charge in [0.15, 0.2) is 11.5 Å². The maximum Gasteiger partial charge on any atom is 0.311 e. The topological polar surface area (TPSA) is 78.8 Å². The molecule has 5 nitrogen and oxygen atoms in total. The fourth-order valence-electron chi connectivity index (χ4n) is 3.14. The molecule has 6 heteroatoms. The van der Waals surface area contributed by atoms with E-state index < -0.39 is 6.10 Å². The predicted molar refractivity (Wildman–Crippen MR) is 105 cm³/mol. The molecule has 0 amide bonds. The minimum atomic E-state index is -0.739. The number of hydrogen-bond acceptors (Lipinski definition) is 5. The average Bonchev–Trinajstić information content (AvgIpc) is 3.05. The second-order valence-corrected chi connectivity index (χ2v) is 8.04. The number of carbonyl (C=O) groups excluding carboxylic acids is 1. The van der Waals surface area contributed by atoms with E-state index in [1.54, 1.807) is 12.1 Å². The molecule has 1 atom stereocenters. The van der Waals surface area contributed by atoms with Crippen LogP contribution >= 0.6 is 12.4 Å². The summed E-state index contributed by atoms with van der Waals surface area (Å²) in [6.45, 7) is 6.44. The monoisotopic (exact) mass is 385 g/mol. The molecular weight excluding hydrogens is 354 g/mol. The summed E-state index contributed by atoms with van der Waals surface area (Å²) in [5.74, 6) is 0.344. The molecule has 26 heavy (non-hydrogen) atoms. The molecule has 1 fully saturated rings. The Balaban J connectivity index is 0.00000338. The number of β-amino-alcohol motifs (C(OH)–C–C–N with tert-alkyl or cyclic N) is 1. The Bertz CT molecular complexity index is 580. The van der Waals surface area contributed by atoms with Gasteiger partial charge in [0.1, 0.15) is 0 Å². The third-order valence-corrected chi connectivity index (χ3v) is 4.65. The molecule has 3 N–H and O–H groups in total. The normalized spacial score (nSPS) is 16.2. The van der Waals surface area contributed by atoms with Crippen LogP contribution in [0.1, 0.15) is 71.0 Å². The first-order valence-electron chi connectivity index (χ1n) is 9.21. The van der Waals surface area contributed by atoms with E-state index in [1.165, 1.54) is 31.7 Å². The number of hydrogen-bond donors (Lipinski definition) is 3. The molecule has 0 saturated heterocycles. The van der Waals surface area contributed by atoms with Crippen molar-refractivity contribution in [2.24, 2.45) is 5.92 Å². The highest BCUT2D eigenvalue weighted by atomic mass is 35.5. The second kappa shape index (κ2) is 10.1. The van der Waals surface area contributed by atoms with Crippen molar-refractivity contribution in [1.29, 1.82) is 0 Å². The number of ether oxygens (including phenoxy) is 1. The van der Waals surface area contributed by atoms with Gasteiger partial charge < -0.3 is 20.3 Å². The average molecular weight is 386 g/mol. The minimum Gasteiger partial charge on any atom is -0.504 e. The van der Waals surface area contributed by atoms with Crippen LogP contribution in [0.4, 0.5) is 0 Å². The highest BCUT2D eigenvalue weighted by Gasteiger charge is 2.19. The number of halogens is 1. The number of nitrogens with one attached hydrogen (secondary N) is 1. The first-order valence-corrected chi connectivity index (χ1v) is 9.21. The van der Waals surface area contributed by atoms with Crippen LogP contribution in [0.2, 0.25) is 0 Å². The van der Waals surface area contributed by atoms with Crippen molar-refractivity contribution in [1.82, 2.24) is 5.32 Å². The lowest BCUT2D eigenvalue weighted by Gasteiger charge is -2.23. The number of phenolic OH excluding ortho intramolecular Hbond substituents is 1. The van der Waals surface area contributed by atoms with Crippen molar-refractivity contribution in [2.75, 3.05) is 6.54 Å². The predicted octanol–water partition coefficient (Wildman–Crippen LogP) is 4.11. The summed E-state index contributed by atoms with van der Waals surface area (Å²) in [5.41, 5.74) is 0.484. The zero-order chi connectivity index (χ0) is 18.4. The number of aliphatic hydroxyl groups is 1. The Morgan fingerprint density at radius 2 is 1.96 bits per heavy atom. The van der Waals surface area contributed by atoms with Crippen LogP contribution < -0.4 is 10.1 Å². The van der Waals surface area contributed by atoms with E-state index in [0.29, 0.717) is 24.4 Å². The molecule has 0 radical (unpaired) electrons. The summed E-state index contributed by atoms with van der Waals surface area (Å²) in [6.07, 6.45) is 5.42. The van der Waals surface area contributed by atoms with Gasteiger partial charge in [-0.1, -0.05) is 31.7 Å². The third-order valence-electron chi connectivity index (χ3n) is 4.65. The molecule has 1 saturated carbocycles. The molecule has 1 aromatic carbocycles. The Kier molecular flexibility index (Phi) is 8.87. The zero-order valence-corrected chi connectivity index (χ0v) is 16.8. The number of benzene rings is 1. The fraction of sp³-hybridized carbons (Fsp3) is 0.650. The van der Waals surface area contributed by atoms with E-state index in [4.69, 9.17) is 4.74 Å². The fourth-order valence-corrected chi connectivity index (χ4v) is 3.14. The van der Waals surface area contributed by atoms with Gasteiger partial charge in [0, 0.05) is 18.5 Å². The van der Waals surface area contributed by atoms with Crippen molar-refractivity contribution >= 4 is 18.4 Å². The number of aliphatic hydroxyl groups excluding tert-OH is 1. The van der Waals surface area contributed by atoms with Gasteiger partial charge in [0.2, 0.25) is 0 Å². The molecule has 1 aliphatic rings. The van der Waals surface area contributed by atoms with E-state index in [0.717, 1.165) is 6.42 Å². The number of carbonyl (C=O) groups is 1. The van der Waals surface area contributed by atoms with E-state index in [-0.39, 0.29) is 35.4 Å². The summed E-state index contributed by atoms with van der Waals surface area (Å²) in [5, 5.41) is 23.5. The van der Waals surface area contributed by atoms with Gasteiger partial charge in [-0.25, -0.2) is 0 Å². The molecule has 1 unspecified atom stereocenters. The Morgan fingerprint density at radius 1 is 1.31 bits per heavy atom. The first kappa shape index (κ1) is 22.7. The molecule has 0 aliphatic heterocycles. The number of aromatic hydroxyl groups is 1. The molecule has 0 bridgehead atoms. The van der Waals surface area contributed by atoms with E-state index in [1.807, 2.05) is 20.8 Å². The van der Waals surface area contributed by atoms with Crippen molar-refractivity contribution in [3.05, 3.63) is 23.8 Å². The lowest BCUT2D eigenvalue weighted by atomic mass is 10.0. The molecule has 148 valence electrons. The summed E-state index contributed by atoms with van der Waals surface area (Å²) >= 11 is 0. The van der Waals surface area contributed by atoms with Crippen molar-refractivity contribution in [2.45, 2.75) is 70.9 Å². The van der Waals surface area contributed by atoms with Gasteiger partial charge in [-0.2, -0.15) is 0 Å². The molecule has 1 aromatic rings. The van der Waals surface area contributed by atoms with Crippen LogP contribution in [0.25, 0.3) is 0 Å². The lowest BCUT2D eigenvalue weighted by molar-refractivity contribution is -0.134. The quantitative estimate of drug-likeness (QED) is 0.486. The molecule has 1 aliphatic carbocycles. The summed E-state index contributed by atoms with van der Waals surface area (Å²) < 4.78 is 5.27. The molecule has 0 heterocycles. The van der Waals surface area contributed by atoms with Gasteiger partial charge >= 0.3 is 5.97 Å². The maximum absolute atomic E-state index is 12.0. The lowest BCUT2D eigenvalue weighted by Crippen LogP contribution is -2.38. The number of phenols is 1. The Labute approximate surface area is 162 Å².